The Kier molecular flexibility index (Phi) is 6.16. The Bertz CT molecular complexity index is 1050. The maximum atomic E-state index is 12.7. The fourth-order valence-corrected chi connectivity index (χ4v) is 4.40. The van der Waals surface area contributed by atoms with Gasteiger partial charge in [0.25, 0.3) is 0 Å². The molecule has 0 aliphatic carbocycles. The molecule has 1 unspecified atom stereocenters. The van der Waals surface area contributed by atoms with Crippen LogP contribution in [-0.2, 0) is 16.1 Å². The molecule has 2 aromatic carbocycles. The number of carbonyl (C=O) groups excluding carboxylic acids is 1. The van der Waals surface area contributed by atoms with Crippen LogP contribution in [-0.4, -0.2) is 22.6 Å². The van der Waals surface area contributed by atoms with Gasteiger partial charge in [0.2, 0.25) is 0 Å². The van der Waals surface area contributed by atoms with Gasteiger partial charge in [0, 0.05) is 16.8 Å². The predicted octanol–water partition coefficient (Wildman–Crippen LogP) is 5.69. The molecule has 4 rings (SSSR count). The number of allylic oxidation sites excluding steroid dienone is 1. The highest BCUT2D eigenvalue weighted by Gasteiger charge is 2.37. The fourth-order valence-electron chi connectivity index (χ4n) is 3.42. The largest absolute Gasteiger partial charge is 0.489 e. The number of thioether (sulfide) groups is 1. The zero-order chi connectivity index (χ0) is 21.1. The van der Waals surface area contributed by atoms with Crippen molar-refractivity contribution in [1.29, 1.82) is 0 Å². The van der Waals surface area contributed by atoms with E-state index in [9.17, 15) is 4.79 Å². The van der Waals surface area contributed by atoms with Crippen LogP contribution in [0.15, 0.2) is 76.4 Å². The third-order valence-corrected chi connectivity index (χ3v) is 6.00. The highest BCUT2D eigenvalue weighted by molar-refractivity contribution is 8.16. The maximum Gasteiger partial charge on any atom is 0.338 e. The summed E-state index contributed by atoms with van der Waals surface area (Å²) in [5.41, 5.74) is 3.12. The zero-order valence-corrected chi connectivity index (χ0v) is 18.2. The van der Waals surface area contributed by atoms with Crippen molar-refractivity contribution in [3.63, 3.8) is 0 Å². The molecular formula is C23H21ClN2O3S. The highest BCUT2D eigenvalue weighted by atomic mass is 35.5. The topological polar surface area (TPSA) is 51.1 Å². The van der Waals surface area contributed by atoms with Crippen molar-refractivity contribution >= 4 is 34.5 Å². The number of hydrogen-bond donors (Lipinski definition) is 0. The second-order valence-corrected chi connectivity index (χ2v) is 8.06. The Morgan fingerprint density at radius 3 is 2.70 bits per heavy atom. The summed E-state index contributed by atoms with van der Waals surface area (Å²) in [4.78, 5) is 19.3. The van der Waals surface area contributed by atoms with Gasteiger partial charge < -0.3 is 14.4 Å². The fraction of sp³-hybridized carbons (Fsp3) is 0.217. The normalized spacial score (nSPS) is 17.6. The number of carbonyl (C=O) groups is 1. The second-order valence-electron chi connectivity index (χ2n) is 6.78. The number of nitrogens with zero attached hydrogens (tertiary/aromatic N) is 2. The Morgan fingerprint density at radius 2 is 1.97 bits per heavy atom. The van der Waals surface area contributed by atoms with Crippen molar-refractivity contribution in [2.24, 2.45) is 4.99 Å². The standard InChI is InChI=1S/C23H21ClN2O3S/c1-3-28-22(27)20-15(2)25-23-26(12-13-30-23)21(20)16-8-10-18(11-9-16)29-14-17-6-4-5-7-19(17)24/h4-13,21H,3,14H2,1-2H3. The SMILES string of the molecule is CCOC(=O)C1=C(C)N=C2SC=CN2C1c1ccc(OCc2ccccc2Cl)cc1. The molecule has 0 saturated heterocycles. The van der Waals surface area contributed by atoms with E-state index in [1.807, 2.05) is 72.0 Å². The summed E-state index contributed by atoms with van der Waals surface area (Å²) >= 11 is 7.74. The first kappa shape index (κ1) is 20.6. The lowest BCUT2D eigenvalue weighted by Gasteiger charge is -2.33. The summed E-state index contributed by atoms with van der Waals surface area (Å²) in [6.45, 7) is 4.36. The first-order chi connectivity index (χ1) is 14.6. The smallest absolute Gasteiger partial charge is 0.338 e. The van der Waals surface area contributed by atoms with E-state index in [0.717, 1.165) is 22.0 Å². The minimum Gasteiger partial charge on any atom is -0.489 e. The van der Waals surface area contributed by atoms with Crippen LogP contribution in [0, 0.1) is 0 Å². The van der Waals surface area contributed by atoms with Gasteiger partial charge in [-0.1, -0.05) is 53.7 Å². The molecule has 0 bridgehead atoms. The Balaban J connectivity index is 1.58. The van der Waals surface area contributed by atoms with Gasteiger partial charge >= 0.3 is 5.97 Å². The molecule has 154 valence electrons. The summed E-state index contributed by atoms with van der Waals surface area (Å²) in [5.74, 6) is 0.389. The summed E-state index contributed by atoms with van der Waals surface area (Å²) < 4.78 is 11.2. The van der Waals surface area contributed by atoms with Gasteiger partial charge in [-0.25, -0.2) is 9.79 Å². The first-order valence-electron chi connectivity index (χ1n) is 9.63. The second kappa shape index (κ2) is 8.98. The maximum absolute atomic E-state index is 12.7. The molecule has 1 atom stereocenters. The highest BCUT2D eigenvalue weighted by Crippen LogP contribution is 2.41. The molecule has 5 nitrogen and oxygen atoms in total. The molecule has 0 N–H and O–H groups in total. The number of aliphatic imine (C=N–C) groups is 1. The van der Waals surface area contributed by atoms with Gasteiger partial charge in [0.05, 0.1) is 23.9 Å². The summed E-state index contributed by atoms with van der Waals surface area (Å²) in [6, 6.07) is 15.1. The van der Waals surface area contributed by atoms with Gasteiger partial charge in [0.1, 0.15) is 12.4 Å². The van der Waals surface area contributed by atoms with Gasteiger partial charge in [0.15, 0.2) is 5.17 Å². The van der Waals surface area contributed by atoms with Crippen molar-refractivity contribution in [3.05, 3.63) is 87.6 Å². The van der Waals surface area contributed by atoms with Crippen molar-refractivity contribution in [2.45, 2.75) is 26.5 Å². The lowest BCUT2D eigenvalue weighted by atomic mass is 9.95. The number of amidine groups is 1. The molecule has 0 saturated carbocycles. The van der Waals surface area contributed by atoms with Gasteiger partial charge in [-0.15, -0.1) is 0 Å². The van der Waals surface area contributed by atoms with E-state index in [4.69, 9.17) is 21.1 Å². The Hall–Kier alpha value is -2.70. The minimum absolute atomic E-state index is 0.291. The molecule has 2 aliphatic rings. The molecule has 0 spiro atoms. The lowest BCUT2D eigenvalue weighted by Crippen LogP contribution is -2.34. The summed E-state index contributed by atoms with van der Waals surface area (Å²) in [6.07, 6.45) is 1.95. The van der Waals surface area contributed by atoms with Gasteiger partial charge in [-0.2, -0.15) is 0 Å². The van der Waals surface area contributed by atoms with Crippen molar-refractivity contribution in [3.8, 4) is 5.75 Å². The van der Waals surface area contributed by atoms with Crippen LogP contribution in [0.1, 0.15) is 31.0 Å². The van der Waals surface area contributed by atoms with Crippen molar-refractivity contribution < 1.29 is 14.3 Å². The number of fused-ring (bicyclic) bond motifs is 1. The average Bonchev–Trinajstić information content (AvgIpc) is 3.21. The number of hydrogen-bond acceptors (Lipinski definition) is 6. The van der Waals surface area contributed by atoms with Crippen LogP contribution in [0.5, 0.6) is 5.75 Å². The summed E-state index contributed by atoms with van der Waals surface area (Å²) in [5, 5.41) is 3.50. The lowest BCUT2D eigenvalue weighted by molar-refractivity contribution is -0.139. The molecule has 2 aliphatic heterocycles. The molecule has 0 amide bonds. The number of rotatable bonds is 6. The van der Waals surface area contributed by atoms with Crippen LogP contribution in [0.2, 0.25) is 5.02 Å². The van der Waals surface area contributed by atoms with Crippen LogP contribution in [0.4, 0.5) is 0 Å². The Labute approximate surface area is 185 Å². The molecular weight excluding hydrogens is 420 g/mol. The number of halogens is 1. The third kappa shape index (κ3) is 4.11. The molecule has 0 radical (unpaired) electrons. The van der Waals surface area contributed by atoms with Crippen molar-refractivity contribution in [1.82, 2.24) is 4.90 Å². The van der Waals surface area contributed by atoms with Crippen LogP contribution in [0.25, 0.3) is 0 Å². The zero-order valence-electron chi connectivity index (χ0n) is 16.7. The first-order valence-corrected chi connectivity index (χ1v) is 10.9. The molecule has 30 heavy (non-hydrogen) atoms. The van der Waals surface area contributed by atoms with Crippen LogP contribution >= 0.6 is 23.4 Å². The van der Waals surface area contributed by atoms with E-state index >= 15 is 0 Å². The van der Waals surface area contributed by atoms with Crippen molar-refractivity contribution in [2.75, 3.05) is 6.61 Å². The predicted molar refractivity (Wildman–Crippen MR) is 120 cm³/mol. The van der Waals surface area contributed by atoms with E-state index in [0.29, 0.717) is 29.5 Å². The molecule has 0 fully saturated rings. The van der Waals surface area contributed by atoms with E-state index in [-0.39, 0.29) is 12.0 Å². The van der Waals surface area contributed by atoms with E-state index in [1.54, 1.807) is 6.92 Å². The Morgan fingerprint density at radius 1 is 1.20 bits per heavy atom. The van der Waals surface area contributed by atoms with E-state index in [2.05, 4.69) is 4.99 Å². The number of ether oxygens (including phenoxy) is 2. The average molecular weight is 441 g/mol. The molecule has 0 aromatic heterocycles. The summed E-state index contributed by atoms with van der Waals surface area (Å²) in [7, 11) is 0. The number of esters is 1. The van der Waals surface area contributed by atoms with Gasteiger partial charge in [-0.05, 0) is 43.0 Å². The molecule has 7 heteroatoms. The van der Waals surface area contributed by atoms with E-state index in [1.165, 1.54) is 11.8 Å². The minimum atomic E-state index is -0.341. The molecule has 2 heterocycles. The third-order valence-electron chi connectivity index (χ3n) is 4.86. The van der Waals surface area contributed by atoms with Crippen LogP contribution < -0.4 is 4.74 Å². The quantitative estimate of drug-likeness (QED) is 0.540. The number of benzene rings is 2. The van der Waals surface area contributed by atoms with E-state index < -0.39 is 0 Å². The van der Waals surface area contributed by atoms with Gasteiger partial charge in [-0.3, -0.25) is 0 Å². The van der Waals surface area contributed by atoms with Crippen LogP contribution in [0.3, 0.4) is 0 Å². The molecule has 2 aromatic rings. The monoisotopic (exact) mass is 440 g/mol.